The Morgan fingerprint density at radius 1 is 0.358 bits per heavy atom. The second-order valence-electron chi connectivity index (χ2n) is 24.9. The van der Waals surface area contributed by atoms with E-state index in [0.29, 0.717) is 0 Å². The Hall–Kier alpha value is -9.38. The summed E-state index contributed by atoms with van der Waals surface area (Å²) in [6, 6.07) is 76.9. The third-order valence-corrected chi connectivity index (χ3v) is 19.3. The van der Waals surface area contributed by atoms with Gasteiger partial charge in [-0.05, 0) is 159 Å². The lowest BCUT2D eigenvalue weighted by Crippen LogP contribution is -2.24. The van der Waals surface area contributed by atoms with E-state index in [1.54, 1.807) is 0 Å². The van der Waals surface area contributed by atoms with Gasteiger partial charge in [0, 0.05) is 82.4 Å². The Kier molecular flexibility index (Phi) is 9.15. The van der Waals surface area contributed by atoms with Crippen molar-refractivity contribution in [2.45, 2.75) is 71.6 Å². The fourth-order valence-electron chi connectivity index (χ4n) is 15.6. The monoisotopic (exact) mass is 1040 g/mol. The van der Waals surface area contributed by atoms with Crippen LogP contribution in [0, 0.1) is 13.8 Å². The van der Waals surface area contributed by atoms with Crippen LogP contribution in [-0.2, 0) is 16.2 Å². The first kappa shape index (κ1) is 46.5. The highest BCUT2D eigenvalue weighted by Gasteiger charge is 2.49. The summed E-state index contributed by atoms with van der Waals surface area (Å²) in [5.74, 6) is 0. The number of hydrogen-bond acceptors (Lipinski definition) is 3. The zero-order valence-corrected chi connectivity index (χ0v) is 46.8. The van der Waals surface area contributed by atoms with E-state index >= 15 is 0 Å². The average molecular weight is 1040 g/mol. The fourth-order valence-corrected chi connectivity index (χ4v) is 15.6. The summed E-state index contributed by atoms with van der Waals surface area (Å²) in [5, 5.41) is 7.16. The molecule has 0 bridgehead atoms. The second-order valence-corrected chi connectivity index (χ2v) is 24.9. The van der Waals surface area contributed by atoms with Gasteiger partial charge in [-0.25, -0.2) is 0 Å². The van der Waals surface area contributed by atoms with Crippen molar-refractivity contribution < 1.29 is 8.83 Å². The van der Waals surface area contributed by atoms with Gasteiger partial charge in [0.05, 0.1) is 11.0 Å². The van der Waals surface area contributed by atoms with Crippen molar-refractivity contribution in [3.8, 4) is 50.2 Å². The number of nitrogens with zero attached hydrogens (tertiary/aromatic N) is 2. The molecular weight excluding hydrogens is 985 g/mol. The van der Waals surface area contributed by atoms with E-state index in [-0.39, 0.29) is 16.2 Å². The molecule has 0 aliphatic heterocycles. The number of aromatic nitrogens is 1. The summed E-state index contributed by atoms with van der Waals surface area (Å²) >= 11 is 0. The number of para-hydroxylation sites is 4. The molecule has 14 aromatic rings. The van der Waals surface area contributed by atoms with Crippen LogP contribution in [0.2, 0.25) is 0 Å². The van der Waals surface area contributed by atoms with E-state index in [0.717, 1.165) is 66.9 Å². The van der Waals surface area contributed by atoms with E-state index in [1.165, 1.54) is 111 Å². The molecule has 0 unspecified atom stereocenters. The van der Waals surface area contributed by atoms with Crippen molar-refractivity contribution in [2.75, 3.05) is 4.90 Å². The summed E-state index contributed by atoms with van der Waals surface area (Å²) in [7, 11) is 0. The molecule has 0 fully saturated rings. The summed E-state index contributed by atoms with van der Waals surface area (Å²) in [5.41, 5.74) is 30.1. The zero-order valence-electron chi connectivity index (χ0n) is 46.8. The highest BCUT2D eigenvalue weighted by atomic mass is 16.3. The highest BCUT2D eigenvalue weighted by Crippen LogP contribution is 2.64. The molecule has 388 valence electrons. The molecule has 11 aromatic carbocycles. The van der Waals surface area contributed by atoms with Gasteiger partial charge in [-0.3, -0.25) is 0 Å². The van der Waals surface area contributed by atoms with Crippen molar-refractivity contribution in [1.82, 2.24) is 4.57 Å². The van der Waals surface area contributed by atoms with Gasteiger partial charge in [0.25, 0.3) is 0 Å². The van der Waals surface area contributed by atoms with Crippen LogP contribution in [0.25, 0.3) is 116 Å². The molecule has 3 aliphatic rings. The maximum Gasteiger partial charge on any atom is 0.144 e. The second kappa shape index (κ2) is 15.9. The first-order valence-corrected chi connectivity index (χ1v) is 28.7. The first-order valence-electron chi connectivity index (χ1n) is 28.7. The van der Waals surface area contributed by atoms with Crippen molar-refractivity contribution in [1.29, 1.82) is 0 Å². The highest BCUT2D eigenvalue weighted by molar-refractivity contribution is 6.22. The third kappa shape index (κ3) is 6.04. The number of hydrogen-bond donors (Lipinski definition) is 0. The Labute approximate surface area is 471 Å². The quantitative estimate of drug-likeness (QED) is 0.172. The lowest BCUT2D eigenvalue weighted by atomic mass is 9.72. The maximum absolute atomic E-state index is 7.07. The number of anilines is 3. The van der Waals surface area contributed by atoms with Crippen molar-refractivity contribution in [2.24, 2.45) is 0 Å². The molecule has 3 aromatic heterocycles. The Balaban J connectivity index is 0.921. The van der Waals surface area contributed by atoms with E-state index in [1.807, 2.05) is 0 Å². The third-order valence-electron chi connectivity index (χ3n) is 19.3. The Morgan fingerprint density at radius 2 is 0.889 bits per heavy atom. The molecule has 4 heteroatoms. The normalized spacial score (nSPS) is 15.0. The van der Waals surface area contributed by atoms with Crippen LogP contribution in [0.15, 0.2) is 215 Å². The summed E-state index contributed by atoms with van der Waals surface area (Å²) in [6.45, 7) is 19.0. The first-order chi connectivity index (χ1) is 39.3. The zero-order chi connectivity index (χ0) is 54.6. The number of furan rings is 2. The van der Waals surface area contributed by atoms with Crippen molar-refractivity contribution in [3.05, 3.63) is 251 Å². The lowest BCUT2D eigenvalue weighted by molar-refractivity contribution is 0.600. The van der Waals surface area contributed by atoms with Gasteiger partial charge in [0.2, 0.25) is 0 Å². The van der Waals surface area contributed by atoms with Crippen LogP contribution >= 0.6 is 0 Å². The number of benzene rings is 11. The van der Waals surface area contributed by atoms with Gasteiger partial charge in [0.1, 0.15) is 22.3 Å². The van der Waals surface area contributed by atoms with Crippen molar-refractivity contribution in [3.63, 3.8) is 0 Å². The molecule has 3 heterocycles. The molecular formula is C77H58N2O2. The largest absolute Gasteiger partial charge is 0.455 e. The van der Waals surface area contributed by atoms with Crippen LogP contribution in [0.1, 0.15) is 86.1 Å². The van der Waals surface area contributed by atoms with Gasteiger partial charge in [0.15, 0.2) is 0 Å². The van der Waals surface area contributed by atoms with Crippen LogP contribution in [0.3, 0.4) is 0 Å². The molecule has 81 heavy (non-hydrogen) atoms. The smallest absolute Gasteiger partial charge is 0.144 e. The van der Waals surface area contributed by atoms with E-state index in [9.17, 15) is 0 Å². The molecule has 3 aliphatic carbocycles. The van der Waals surface area contributed by atoms with Crippen LogP contribution < -0.4 is 4.90 Å². The molecule has 0 spiro atoms. The van der Waals surface area contributed by atoms with Crippen LogP contribution in [0.5, 0.6) is 0 Å². The predicted molar refractivity (Wildman–Crippen MR) is 338 cm³/mol. The SMILES string of the molecule is Cc1ccc(-c2cc3c(c4c2oc2ccccc24)-c2ccc(N(c4ccc5c(c4)C(C)(C)c4c6c(c7oc8ccccc8c7c4-5)-c4ccccc4C6(C)C)c4ccc5c6ccccc6n(-c6ccccc6)c5c4)cc2C3(C)C)c(C)c1. The predicted octanol–water partition coefficient (Wildman–Crippen LogP) is 21.3. The van der Waals surface area contributed by atoms with Crippen LogP contribution in [-0.4, -0.2) is 4.57 Å². The van der Waals surface area contributed by atoms with E-state index < -0.39 is 0 Å². The minimum atomic E-state index is -0.375. The molecule has 0 saturated carbocycles. The van der Waals surface area contributed by atoms with E-state index in [2.05, 4.69) is 271 Å². The van der Waals surface area contributed by atoms with Gasteiger partial charge in [-0.2, -0.15) is 0 Å². The summed E-state index contributed by atoms with van der Waals surface area (Å²) < 4.78 is 16.5. The minimum Gasteiger partial charge on any atom is -0.455 e. The van der Waals surface area contributed by atoms with Crippen molar-refractivity contribution >= 4 is 82.7 Å². The standard InChI is InChI=1S/C77H58N2O2/c1-43-30-34-49(44(2)38-43)57-42-61-66(68-55-24-14-18-28-64(55)80-73(57)68)53-36-32-46(39-59(53)75(61,3)4)78(48-31-35-51-50-22-13-17-27-62(50)79(63(51)41-48)45-20-10-9-11-21-45)47-33-37-54-60(40-47)77(7,8)71-67(54)69-56-25-15-19-29-65(56)81-74(69)70-52-23-12-16-26-58(52)76(5,6)72(70)71/h9-42H,1-8H3. The molecule has 4 nitrogen and oxygen atoms in total. The van der Waals surface area contributed by atoms with Crippen LogP contribution in [0.4, 0.5) is 17.1 Å². The Morgan fingerprint density at radius 3 is 1.62 bits per heavy atom. The molecule has 0 atom stereocenters. The van der Waals surface area contributed by atoms with E-state index in [4.69, 9.17) is 8.83 Å². The number of aryl methyl sites for hydroxylation is 2. The topological polar surface area (TPSA) is 34.5 Å². The average Bonchev–Trinajstić information content (AvgIpc) is 4.05. The van der Waals surface area contributed by atoms with Gasteiger partial charge in [-0.15, -0.1) is 0 Å². The number of rotatable bonds is 5. The lowest BCUT2D eigenvalue weighted by Gasteiger charge is -2.32. The fraction of sp³-hybridized carbons (Fsp3) is 0.143. The van der Waals surface area contributed by atoms with Gasteiger partial charge >= 0.3 is 0 Å². The van der Waals surface area contributed by atoms with Gasteiger partial charge < -0.3 is 18.3 Å². The summed E-state index contributed by atoms with van der Waals surface area (Å²) in [6.07, 6.45) is 0. The molecule has 0 N–H and O–H groups in total. The summed E-state index contributed by atoms with van der Waals surface area (Å²) in [4.78, 5) is 2.53. The number of fused-ring (bicyclic) bond motifs is 22. The minimum absolute atomic E-state index is 0.257. The molecule has 0 saturated heterocycles. The maximum atomic E-state index is 7.07. The Bertz CT molecular complexity index is 5110. The molecule has 17 rings (SSSR count). The van der Waals surface area contributed by atoms with Gasteiger partial charge in [-0.1, -0.05) is 181 Å². The molecule has 0 amide bonds. The molecule has 0 radical (unpaired) electrons.